The van der Waals surface area contributed by atoms with E-state index in [4.69, 9.17) is 4.74 Å². The van der Waals surface area contributed by atoms with Gasteiger partial charge >= 0.3 is 0 Å². The van der Waals surface area contributed by atoms with Gasteiger partial charge in [-0.3, -0.25) is 0 Å². The zero-order chi connectivity index (χ0) is 11.8. The summed E-state index contributed by atoms with van der Waals surface area (Å²) in [6.07, 6.45) is 0. The van der Waals surface area contributed by atoms with Crippen molar-refractivity contribution in [2.24, 2.45) is 0 Å². The highest BCUT2D eigenvalue weighted by atomic mass is 28.3. The molecule has 0 aromatic heterocycles. The van der Waals surface area contributed by atoms with Crippen molar-refractivity contribution in [1.29, 1.82) is 0 Å². The molecule has 0 unspecified atom stereocenters. The lowest BCUT2D eigenvalue weighted by Gasteiger charge is -2.22. The molecule has 16 heavy (non-hydrogen) atoms. The van der Waals surface area contributed by atoms with Crippen LogP contribution in [0.25, 0.3) is 10.8 Å². The molecule has 0 fully saturated rings. The number of rotatable bonds is 2. The minimum absolute atomic E-state index is 1.04. The molecule has 2 aromatic rings. The van der Waals surface area contributed by atoms with Crippen molar-refractivity contribution in [3.63, 3.8) is 0 Å². The van der Waals surface area contributed by atoms with Crippen LogP contribution in [-0.2, 0) is 0 Å². The standard InChI is InChI=1S/C14H18OSi/c1-15-13-10-9-11-7-5-6-8-12(11)14(13)16(2,3)4/h5-10H,1-4H3. The van der Waals surface area contributed by atoms with Crippen LogP contribution in [0.4, 0.5) is 0 Å². The van der Waals surface area contributed by atoms with Crippen LogP contribution in [0, 0.1) is 0 Å². The zero-order valence-electron chi connectivity index (χ0n) is 10.4. The Morgan fingerprint density at radius 1 is 0.938 bits per heavy atom. The van der Waals surface area contributed by atoms with Crippen LogP contribution in [0.1, 0.15) is 0 Å². The topological polar surface area (TPSA) is 9.23 Å². The lowest BCUT2D eigenvalue weighted by molar-refractivity contribution is 0.418. The van der Waals surface area contributed by atoms with Crippen LogP contribution in [-0.4, -0.2) is 15.2 Å². The second-order valence-corrected chi connectivity index (χ2v) is 10.1. The van der Waals surface area contributed by atoms with Gasteiger partial charge in [0.1, 0.15) is 5.75 Å². The van der Waals surface area contributed by atoms with Crippen LogP contribution >= 0.6 is 0 Å². The van der Waals surface area contributed by atoms with Crippen molar-refractivity contribution < 1.29 is 4.74 Å². The summed E-state index contributed by atoms with van der Waals surface area (Å²) >= 11 is 0. The number of ether oxygens (including phenoxy) is 1. The molecule has 0 aliphatic heterocycles. The van der Waals surface area contributed by atoms with Gasteiger partial charge in [0, 0.05) is 0 Å². The molecule has 2 heteroatoms. The molecule has 0 saturated carbocycles. The van der Waals surface area contributed by atoms with E-state index in [2.05, 4.69) is 56.0 Å². The molecular formula is C14H18OSi. The average Bonchev–Trinajstić information content (AvgIpc) is 2.26. The number of hydrogen-bond donors (Lipinski definition) is 0. The Labute approximate surface area is 98.1 Å². The Hall–Kier alpha value is -1.28. The zero-order valence-corrected chi connectivity index (χ0v) is 11.4. The molecule has 0 heterocycles. The molecule has 0 aliphatic carbocycles. The molecule has 0 radical (unpaired) electrons. The molecular weight excluding hydrogens is 212 g/mol. The predicted octanol–water partition coefficient (Wildman–Crippen LogP) is 3.39. The SMILES string of the molecule is COc1ccc2ccccc2c1[Si](C)(C)C. The Balaban J connectivity index is 2.84. The van der Waals surface area contributed by atoms with Crippen LogP contribution < -0.4 is 9.92 Å². The Morgan fingerprint density at radius 3 is 2.25 bits per heavy atom. The third kappa shape index (κ3) is 1.85. The van der Waals surface area contributed by atoms with Crippen molar-refractivity contribution in [3.05, 3.63) is 36.4 Å². The summed E-state index contributed by atoms with van der Waals surface area (Å²) in [5.41, 5.74) is 0. The van der Waals surface area contributed by atoms with Crippen LogP contribution in [0.2, 0.25) is 19.6 Å². The number of benzene rings is 2. The highest BCUT2D eigenvalue weighted by Crippen LogP contribution is 2.22. The normalized spacial score (nSPS) is 11.8. The number of methoxy groups -OCH3 is 1. The van der Waals surface area contributed by atoms with Gasteiger partial charge in [0.15, 0.2) is 0 Å². The van der Waals surface area contributed by atoms with Crippen molar-refractivity contribution in [2.45, 2.75) is 19.6 Å². The molecule has 1 nitrogen and oxygen atoms in total. The van der Waals surface area contributed by atoms with E-state index < -0.39 is 8.07 Å². The quantitative estimate of drug-likeness (QED) is 0.719. The number of fused-ring (bicyclic) bond motifs is 1. The van der Waals surface area contributed by atoms with Gasteiger partial charge in [-0.1, -0.05) is 50.0 Å². The van der Waals surface area contributed by atoms with E-state index in [1.54, 1.807) is 7.11 Å². The van der Waals surface area contributed by atoms with Gasteiger partial charge in [-0.15, -0.1) is 0 Å². The Morgan fingerprint density at radius 2 is 1.62 bits per heavy atom. The van der Waals surface area contributed by atoms with Gasteiger partial charge in [0.05, 0.1) is 15.2 Å². The molecule has 84 valence electrons. The second-order valence-electron chi connectivity index (χ2n) is 5.11. The van der Waals surface area contributed by atoms with Gasteiger partial charge in [-0.25, -0.2) is 0 Å². The van der Waals surface area contributed by atoms with E-state index in [0.717, 1.165) is 5.75 Å². The summed E-state index contributed by atoms with van der Waals surface area (Å²) in [4.78, 5) is 0. The summed E-state index contributed by atoms with van der Waals surface area (Å²) in [7, 11) is 0.369. The van der Waals surface area contributed by atoms with Gasteiger partial charge < -0.3 is 4.74 Å². The molecule has 2 rings (SSSR count). The fraction of sp³-hybridized carbons (Fsp3) is 0.286. The first-order valence-corrected chi connectivity index (χ1v) is 9.10. The fourth-order valence-electron chi connectivity index (χ4n) is 2.20. The summed E-state index contributed by atoms with van der Waals surface area (Å²) in [6, 6.07) is 12.8. The first-order valence-electron chi connectivity index (χ1n) is 5.60. The maximum Gasteiger partial charge on any atom is 0.118 e. The minimum atomic E-state index is -1.39. The van der Waals surface area contributed by atoms with E-state index >= 15 is 0 Å². The maximum atomic E-state index is 5.51. The lowest BCUT2D eigenvalue weighted by atomic mass is 10.1. The Kier molecular flexibility index (Phi) is 2.76. The monoisotopic (exact) mass is 230 g/mol. The van der Waals surface area contributed by atoms with Crippen LogP contribution in [0.5, 0.6) is 5.75 Å². The molecule has 0 bridgehead atoms. The largest absolute Gasteiger partial charge is 0.497 e. The van der Waals surface area contributed by atoms with Gasteiger partial charge in [-0.05, 0) is 22.0 Å². The van der Waals surface area contributed by atoms with Crippen molar-refractivity contribution in [1.82, 2.24) is 0 Å². The van der Waals surface area contributed by atoms with E-state index in [0.29, 0.717) is 0 Å². The first-order chi connectivity index (χ1) is 7.54. The van der Waals surface area contributed by atoms with E-state index in [9.17, 15) is 0 Å². The molecule has 0 atom stereocenters. The molecule has 0 spiro atoms. The molecule has 0 N–H and O–H groups in total. The van der Waals surface area contributed by atoms with Crippen molar-refractivity contribution in [2.75, 3.05) is 7.11 Å². The third-order valence-corrected chi connectivity index (χ3v) is 4.88. The maximum absolute atomic E-state index is 5.51. The van der Waals surface area contributed by atoms with Crippen molar-refractivity contribution in [3.8, 4) is 5.75 Å². The van der Waals surface area contributed by atoms with E-state index in [-0.39, 0.29) is 0 Å². The van der Waals surface area contributed by atoms with Crippen LogP contribution in [0.15, 0.2) is 36.4 Å². The Bertz CT molecular complexity index is 512. The first kappa shape index (κ1) is 11.2. The van der Waals surface area contributed by atoms with Gasteiger partial charge in [-0.2, -0.15) is 0 Å². The smallest absolute Gasteiger partial charge is 0.118 e. The fourth-order valence-corrected chi connectivity index (χ4v) is 4.16. The summed E-state index contributed by atoms with van der Waals surface area (Å²) < 4.78 is 5.51. The highest BCUT2D eigenvalue weighted by molar-refractivity contribution is 6.91. The molecule has 0 aliphatic rings. The predicted molar refractivity (Wildman–Crippen MR) is 73.5 cm³/mol. The van der Waals surface area contributed by atoms with Crippen molar-refractivity contribution >= 4 is 24.0 Å². The summed E-state index contributed by atoms with van der Waals surface area (Å²) in [5.74, 6) is 1.04. The van der Waals surface area contributed by atoms with Gasteiger partial charge in [0.25, 0.3) is 0 Å². The van der Waals surface area contributed by atoms with Crippen LogP contribution in [0.3, 0.4) is 0 Å². The van der Waals surface area contributed by atoms with Gasteiger partial charge in [0.2, 0.25) is 0 Å². The van der Waals surface area contributed by atoms with E-state index in [1.165, 1.54) is 16.0 Å². The third-order valence-electron chi connectivity index (χ3n) is 2.86. The van der Waals surface area contributed by atoms with E-state index in [1.807, 2.05) is 0 Å². The second kappa shape index (κ2) is 3.94. The molecule has 0 saturated heterocycles. The average molecular weight is 230 g/mol. The minimum Gasteiger partial charge on any atom is -0.497 e. The molecule has 2 aromatic carbocycles. The molecule has 0 amide bonds. The summed E-state index contributed by atoms with van der Waals surface area (Å²) in [6.45, 7) is 7.08. The number of hydrogen-bond acceptors (Lipinski definition) is 1. The highest BCUT2D eigenvalue weighted by Gasteiger charge is 2.23. The lowest BCUT2D eigenvalue weighted by Crippen LogP contribution is -2.39. The summed E-state index contributed by atoms with van der Waals surface area (Å²) in [5, 5.41) is 4.08.